The van der Waals surface area contributed by atoms with Crippen LogP contribution in [-0.4, -0.2) is 9.97 Å². The van der Waals surface area contributed by atoms with Crippen LogP contribution in [0.5, 0.6) is 0 Å². The van der Waals surface area contributed by atoms with Crippen LogP contribution in [0.1, 0.15) is 93.6 Å². The molecule has 0 N–H and O–H groups in total. The number of hydrogen-bond acceptors (Lipinski definition) is 2. The van der Waals surface area contributed by atoms with Crippen LogP contribution in [0.3, 0.4) is 0 Å². The van der Waals surface area contributed by atoms with Crippen LogP contribution in [0.2, 0.25) is 0 Å². The van der Waals surface area contributed by atoms with Crippen LogP contribution in [0.15, 0.2) is 36.7 Å². The van der Waals surface area contributed by atoms with Crippen molar-refractivity contribution in [2.24, 2.45) is 5.92 Å². The van der Waals surface area contributed by atoms with Gasteiger partial charge in [-0.05, 0) is 73.5 Å². The van der Waals surface area contributed by atoms with Crippen molar-refractivity contribution < 1.29 is 0 Å². The third-order valence-electron chi connectivity index (χ3n) is 6.35. The third-order valence-corrected chi connectivity index (χ3v) is 6.35. The minimum Gasteiger partial charge on any atom is -0.241 e. The average Bonchev–Trinajstić information content (AvgIpc) is 2.74. The molecule has 2 heteroatoms. The molecule has 27 heavy (non-hydrogen) atoms. The Morgan fingerprint density at radius 1 is 0.778 bits per heavy atom. The summed E-state index contributed by atoms with van der Waals surface area (Å²) in [6.45, 7) is 4.58. The molecule has 1 aromatic heterocycles. The molecule has 1 saturated carbocycles. The monoisotopic (exact) mass is 364 g/mol. The molecule has 1 heterocycles. The molecule has 0 spiro atoms. The SMILES string of the molecule is CCCCCc1ccc(CCc2ncc(C3CCC(CC)CC3)cn2)cc1. The van der Waals surface area contributed by atoms with Gasteiger partial charge in [-0.2, -0.15) is 0 Å². The maximum atomic E-state index is 4.66. The standard InChI is InChI=1S/C25H36N2/c1-3-5-6-7-21-8-10-22(11-9-21)14-17-25-26-18-24(19-27-25)23-15-12-20(4-2)13-16-23/h8-11,18-20,23H,3-7,12-17H2,1-2H3. The van der Waals surface area contributed by atoms with E-state index in [4.69, 9.17) is 0 Å². The molecule has 0 aliphatic heterocycles. The lowest BCUT2D eigenvalue weighted by molar-refractivity contribution is 0.318. The Balaban J connectivity index is 1.46. The Morgan fingerprint density at radius 3 is 2.00 bits per heavy atom. The van der Waals surface area contributed by atoms with E-state index in [1.807, 2.05) is 0 Å². The fraction of sp³-hybridized carbons (Fsp3) is 0.600. The zero-order chi connectivity index (χ0) is 18.9. The second kappa shape index (κ2) is 10.6. The summed E-state index contributed by atoms with van der Waals surface area (Å²) >= 11 is 0. The number of unbranched alkanes of at least 4 members (excludes halogenated alkanes) is 2. The molecule has 2 nitrogen and oxygen atoms in total. The van der Waals surface area contributed by atoms with Crippen molar-refractivity contribution in [2.45, 2.75) is 90.4 Å². The molecule has 0 unspecified atom stereocenters. The van der Waals surface area contributed by atoms with Crippen LogP contribution in [0.25, 0.3) is 0 Å². The first-order chi connectivity index (χ1) is 13.3. The quantitative estimate of drug-likeness (QED) is 0.464. The second-order valence-corrected chi connectivity index (χ2v) is 8.33. The third kappa shape index (κ3) is 6.16. The number of aromatic nitrogens is 2. The zero-order valence-electron chi connectivity index (χ0n) is 17.3. The van der Waals surface area contributed by atoms with Crippen molar-refractivity contribution in [1.82, 2.24) is 9.97 Å². The summed E-state index contributed by atoms with van der Waals surface area (Å²) in [4.78, 5) is 9.33. The highest BCUT2D eigenvalue weighted by molar-refractivity contribution is 5.23. The van der Waals surface area contributed by atoms with E-state index in [2.05, 4.69) is 60.5 Å². The van der Waals surface area contributed by atoms with Gasteiger partial charge in [0.1, 0.15) is 5.82 Å². The first kappa shape index (κ1) is 20.0. The predicted molar refractivity (Wildman–Crippen MR) is 114 cm³/mol. The van der Waals surface area contributed by atoms with Crippen LogP contribution >= 0.6 is 0 Å². The Hall–Kier alpha value is -1.70. The summed E-state index contributed by atoms with van der Waals surface area (Å²) in [6, 6.07) is 9.15. The molecule has 1 aromatic carbocycles. The second-order valence-electron chi connectivity index (χ2n) is 8.33. The first-order valence-corrected chi connectivity index (χ1v) is 11.2. The molecule has 0 saturated heterocycles. The maximum absolute atomic E-state index is 4.66. The number of hydrogen-bond donors (Lipinski definition) is 0. The summed E-state index contributed by atoms with van der Waals surface area (Å²) in [5.74, 6) is 2.61. The molecule has 0 amide bonds. The van der Waals surface area contributed by atoms with E-state index in [1.54, 1.807) is 0 Å². The van der Waals surface area contributed by atoms with E-state index in [0.29, 0.717) is 5.92 Å². The van der Waals surface area contributed by atoms with Crippen LogP contribution in [0.4, 0.5) is 0 Å². The van der Waals surface area contributed by atoms with Crippen LogP contribution < -0.4 is 0 Å². The predicted octanol–water partition coefficient (Wildman–Crippen LogP) is 6.68. The smallest absolute Gasteiger partial charge is 0.128 e. The van der Waals surface area contributed by atoms with Crippen molar-refractivity contribution >= 4 is 0 Å². The van der Waals surface area contributed by atoms with Crippen LogP contribution in [0, 0.1) is 5.92 Å². The average molecular weight is 365 g/mol. The van der Waals surface area contributed by atoms with Gasteiger partial charge in [0.15, 0.2) is 0 Å². The van der Waals surface area contributed by atoms with Gasteiger partial charge in [0.25, 0.3) is 0 Å². The molecular formula is C25H36N2. The molecule has 1 aliphatic carbocycles. The topological polar surface area (TPSA) is 25.8 Å². The highest BCUT2D eigenvalue weighted by atomic mass is 14.9. The molecule has 1 fully saturated rings. The lowest BCUT2D eigenvalue weighted by Crippen LogP contribution is -2.13. The minimum atomic E-state index is 0.683. The Kier molecular flexibility index (Phi) is 7.86. The molecule has 0 radical (unpaired) electrons. The first-order valence-electron chi connectivity index (χ1n) is 11.2. The van der Waals surface area contributed by atoms with Gasteiger partial charge in [-0.1, -0.05) is 57.4 Å². The summed E-state index contributed by atoms with van der Waals surface area (Å²) in [5.41, 5.74) is 4.20. The lowest BCUT2D eigenvalue weighted by atomic mass is 9.78. The van der Waals surface area contributed by atoms with E-state index in [-0.39, 0.29) is 0 Å². The Labute approximate surface area is 165 Å². The zero-order valence-corrected chi connectivity index (χ0v) is 17.3. The largest absolute Gasteiger partial charge is 0.241 e. The van der Waals surface area contributed by atoms with Gasteiger partial charge in [-0.15, -0.1) is 0 Å². The summed E-state index contributed by atoms with van der Waals surface area (Å²) in [6.07, 6.45) is 18.0. The number of nitrogens with zero attached hydrogens (tertiary/aromatic N) is 2. The highest BCUT2D eigenvalue weighted by Gasteiger charge is 2.21. The van der Waals surface area contributed by atoms with Crippen molar-refractivity contribution in [3.05, 3.63) is 59.2 Å². The molecule has 1 aliphatic rings. The van der Waals surface area contributed by atoms with Gasteiger partial charge < -0.3 is 0 Å². The van der Waals surface area contributed by atoms with Crippen molar-refractivity contribution in [3.8, 4) is 0 Å². The summed E-state index contributed by atoms with van der Waals surface area (Å²) in [7, 11) is 0. The molecular weight excluding hydrogens is 328 g/mol. The van der Waals surface area contributed by atoms with Gasteiger partial charge >= 0.3 is 0 Å². The maximum Gasteiger partial charge on any atom is 0.128 e. The summed E-state index contributed by atoms with van der Waals surface area (Å²) in [5, 5.41) is 0. The molecule has 3 rings (SSSR count). The fourth-order valence-corrected chi connectivity index (χ4v) is 4.32. The molecule has 0 bridgehead atoms. The van der Waals surface area contributed by atoms with Gasteiger partial charge in [0.2, 0.25) is 0 Å². The number of benzene rings is 1. The van der Waals surface area contributed by atoms with E-state index in [1.165, 1.54) is 74.5 Å². The van der Waals surface area contributed by atoms with E-state index >= 15 is 0 Å². The Morgan fingerprint density at radius 2 is 1.41 bits per heavy atom. The van der Waals surface area contributed by atoms with E-state index in [0.717, 1.165) is 24.6 Å². The molecule has 2 aromatic rings. The van der Waals surface area contributed by atoms with Crippen molar-refractivity contribution in [3.63, 3.8) is 0 Å². The Bertz CT molecular complexity index is 652. The van der Waals surface area contributed by atoms with E-state index in [9.17, 15) is 0 Å². The normalized spacial score (nSPS) is 19.9. The fourth-order valence-electron chi connectivity index (χ4n) is 4.32. The lowest BCUT2D eigenvalue weighted by Gasteiger charge is -2.27. The summed E-state index contributed by atoms with van der Waals surface area (Å²) < 4.78 is 0. The van der Waals surface area contributed by atoms with E-state index < -0.39 is 0 Å². The van der Waals surface area contributed by atoms with Gasteiger partial charge in [0, 0.05) is 18.8 Å². The molecule has 146 valence electrons. The van der Waals surface area contributed by atoms with Gasteiger partial charge in [-0.3, -0.25) is 0 Å². The highest BCUT2D eigenvalue weighted by Crippen LogP contribution is 2.36. The minimum absolute atomic E-state index is 0.683. The van der Waals surface area contributed by atoms with Gasteiger partial charge in [-0.25, -0.2) is 9.97 Å². The van der Waals surface area contributed by atoms with Gasteiger partial charge in [0.05, 0.1) is 0 Å². The van der Waals surface area contributed by atoms with Crippen molar-refractivity contribution in [2.75, 3.05) is 0 Å². The number of aryl methyl sites for hydroxylation is 3. The van der Waals surface area contributed by atoms with Crippen molar-refractivity contribution in [1.29, 1.82) is 0 Å². The number of rotatable bonds is 9. The van der Waals surface area contributed by atoms with Crippen LogP contribution in [-0.2, 0) is 19.3 Å². The molecule has 0 atom stereocenters.